The summed E-state index contributed by atoms with van der Waals surface area (Å²) in [6.07, 6.45) is 11.8. The van der Waals surface area contributed by atoms with Crippen molar-refractivity contribution in [1.29, 1.82) is 0 Å². The molecule has 0 bridgehead atoms. The summed E-state index contributed by atoms with van der Waals surface area (Å²) in [6, 6.07) is 0.372. The van der Waals surface area contributed by atoms with Gasteiger partial charge in [-0.1, -0.05) is 32.1 Å². The monoisotopic (exact) mass is 297 g/mol. The molecule has 4 heteroatoms. The first-order valence-corrected chi connectivity index (χ1v) is 9.42. The van der Waals surface area contributed by atoms with Crippen LogP contribution < -0.4 is 0 Å². The van der Waals surface area contributed by atoms with Crippen LogP contribution in [0.3, 0.4) is 0 Å². The summed E-state index contributed by atoms with van der Waals surface area (Å²) < 4.78 is 5.86. The summed E-state index contributed by atoms with van der Waals surface area (Å²) in [4.78, 5) is 14.7. The average molecular weight is 297 g/mol. The first-order valence-electron chi connectivity index (χ1n) is 8.37. The molecule has 1 aliphatic heterocycles. The van der Waals surface area contributed by atoms with E-state index in [1.807, 2.05) is 11.8 Å². The Morgan fingerprint density at radius 1 is 1.05 bits per heavy atom. The van der Waals surface area contributed by atoms with Gasteiger partial charge in [0.15, 0.2) is 0 Å². The predicted octanol–water partition coefficient (Wildman–Crippen LogP) is 3.22. The maximum atomic E-state index is 12.5. The van der Waals surface area contributed by atoms with Gasteiger partial charge in [-0.2, -0.15) is 0 Å². The summed E-state index contributed by atoms with van der Waals surface area (Å²) in [5.41, 5.74) is 0. The first-order chi connectivity index (χ1) is 9.84. The Kier molecular flexibility index (Phi) is 5.27. The molecule has 3 nitrogen and oxygen atoms in total. The Hall–Kier alpha value is -0.220. The van der Waals surface area contributed by atoms with Crippen molar-refractivity contribution in [3.63, 3.8) is 0 Å². The fourth-order valence-corrected chi connectivity index (χ4v) is 5.12. The molecule has 0 unspecified atom stereocenters. The lowest BCUT2D eigenvalue weighted by atomic mass is 9.90. The fraction of sp³-hybridized carbons (Fsp3) is 0.938. The number of hydrogen-bond donors (Lipinski definition) is 0. The summed E-state index contributed by atoms with van der Waals surface area (Å²) in [5.74, 6) is 1.05. The highest BCUT2D eigenvalue weighted by Crippen LogP contribution is 2.31. The fourth-order valence-electron chi connectivity index (χ4n) is 3.91. The minimum Gasteiger partial charge on any atom is -0.374 e. The van der Waals surface area contributed by atoms with Crippen LogP contribution in [-0.2, 0) is 9.53 Å². The minimum atomic E-state index is 0.320. The summed E-state index contributed by atoms with van der Waals surface area (Å²) in [5, 5.41) is 0.732. The smallest absolute Gasteiger partial charge is 0.232 e. The highest BCUT2D eigenvalue weighted by molar-refractivity contribution is 8.00. The highest BCUT2D eigenvalue weighted by atomic mass is 32.2. The van der Waals surface area contributed by atoms with Gasteiger partial charge in [-0.3, -0.25) is 4.79 Å². The minimum absolute atomic E-state index is 0.320. The summed E-state index contributed by atoms with van der Waals surface area (Å²) in [6.45, 7) is 1.55. The van der Waals surface area contributed by atoms with Crippen molar-refractivity contribution in [3.8, 4) is 0 Å². The molecule has 2 aliphatic carbocycles. The van der Waals surface area contributed by atoms with Crippen LogP contribution >= 0.6 is 11.8 Å². The summed E-state index contributed by atoms with van der Waals surface area (Å²) in [7, 11) is 0. The number of rotatable bonds is 3. The third-order valence-corrected chi connectivity index (χ3v) is 6.40. The van der Waals surface area contributed by atoms with Gasteiger partial charge in [-0.05, 0) is 25.7 Å². The Labute approximate surface area is 126 Å². The lowest BCUT2D eigenvalue weighted by Gasteiger charge is -2.44. The lowest BCUT2D eigenvalue weighted by Crippen LogP contribution is -2.55. The molecule has 1 heterocycles. The van der Waals surface area contributed by atoms with Gasteiger partial charge in [0.1, 0.15) is 0 Å². The molecule has 3 fully saturated rings. The van der Waals surface area contributed by atoms with E-state index < -0.39 is 0 Å². The van der Waals surface area contributed by atoms with Crippen molar-refractivity contribution in [3.05, 3.63) is 0 Å². The molecule has 3 rings (SSSR count). The zero-order valence-corrected chi connectivity index (χ0v) is 13.2. The average Bonchev–Trinajstić information content (AvgIpc) is 2.53. The van der Waals surface area contributed by atoms with Gasteiger partial charge in [0.25, 0.3) is 0 Å². The predicted molar refractivity (Wildman–Crippen MR) is 83.0 cm³/mol. The number of carbonyl (C=O) groups is 1. The Balaban J connectivity index is 1.50. The van der Waals surface area contributed by atoms with Crippen LogP contribution in [0.4, 0.5) is 0 Å². The Morgan fingerprint density at radius 2 is 1.80 bits per heavy atom. The molecular formula is C16H27NO2S. The van der Waals surface area contributed by atoms with Crippen LogP contribution in [0.5, 0.6) is 0 Å². The molecule has 1 amide bonds. The molecule has 114 valence electrons. The van der Waals surface area contributed by atoms with Crippen molar-refractivity contribution in [1.82, 2.24) is 4.90 Å². The van der Waals surface area contributed by atoms with Crippen molar-refractivity contribution in [2.75, 3.05) is 18.9 Å². The molecule has 0 radical (unpaired) electrons. The van der Waals surface area contributed by atoms with Gasteiger partial charge in [-0.25, -0.2) is 0 Å². The van der Waals surface area contributed by atoms with E-state index in [0.717, 1.165) is 31.2 Å². The van der Waals surface area contributed by atoms with Crippen LogP contribution in [0.2, 0.25) is 0 Å². The Bertz CT molecular complexity index is 328. The maximum absolute atomic E-state index is 12.5. The van der Waals surface area contributed by atoms with Crippen molar-refractivity contribution in [2.24, 2.45) is 0 Å². The highest BCUT2D eigenvalue weighted by Gasteiger charge is 2.36. The van der Waals surface area contributed by atoms with E-state index in [9.17, 15) is 4.79 Å². The number of hydrogen-bond acceptors (Lipinski definition) is 3. The van der Waals surface area contributed by atoms with E-state index in [1.165, 1.54) is 44.9 Å². The third kappa shape index (κ3) is 3.51. The van der Waals surface area contributed by atoms with E-state index in [0.29, 0.717) is 23.8 Å². The first kappa shape index (κ1) is 14.7. The standard InChI is InChI=1S/C16H27NO2S/c18-16(12-20-13-6-2-1-3-7-13)17-10-11-19-15-9-5-4-8-14(15)17/h13-15H,1-12H2/t14-,15+/m0/s1. The van der Waals surface area contributed by atoms with E-state index in [2.05, 4.69) is 4.90 Å². The molecular weight excluding hydrogens is 270 g/mol. The molecule has 0 spiro atoms. The van der Waals surface area contributed by atoms with Gasteiger partial charge < -0.3 is 9.64 Å². The van der Waals surface area contributed by atoms with E-state index in [-0.39, 0.29) is 0 Å². The molecule has 2 atom stereocenters. The number of nitrogens with zero attached hydrogens (tertiary/aromatic N) is 1. The van der Waals surface area contributed by atoms with Gasteiger partial charge >= 0.3 is 0 Å². The van der Waals surface area contributed by atoms with Crippen molar-refractivity contribution in [2.45, 2.75) is 75.2 Å². The van der Waals surface area contributed by atoms with Gasteiger partial charge in [0.2, 0.25) is 5.91 Å². The number of carbonyl (C=O) groups excluding carboxylic acids is 1. The Morgan fingerprint density at radius 3 is 2.65 bits per heavy atom. The zero-order valence-electron chi connectivity index (χ0n) is 12.4. The van der Waals surface area contributed by atoms with Gasteiger partial charge in [-0.15, -0.1) is 11.8 Å². The van der Waals surface area contributed by atoms with Crippen LogP contribution in [0.25, 0.3) is 0 Å². The normalized spacial score (nSPS) is 31.9. The second-order valence-electron chi connectivity index (χ2n) is 6.42. The number of ether oxygens (including phenoxy) is 1. The van der Waals surface area contributed by atoms with Crippen LogP contribution in [0.15, 0.2) is 0 Å². The maximum Gasteiger partial charge on any atom is 0.232 e. The van der Waals surface area contributed by atoms with Crippen LogP contribution in [-0.4, -0.2) is 47.1 Å². The van der Waals surface area contributed by atoms with E-state index in [1.54, 1.807) is 0 Å². The van der Waals surface area contributed by atoms with Gasteiger partial charge in [0, 0.05) is 11.8 Å². The van der Waals surface area contributed by atoms with E-state index in [4.69, 9.17) is 4.74 Å². The van der Waals surface area contributed by atoms with Crippen LogP contribution in [0, 0.1) is 0 Å². The molecule has 0 aromatic rings. The second-order valence-corrected chi connectivity index (χ2v) is 7.71. The lowest BCUT2D eigenvalue weighted by molar-refractivity contribution is -0.146. The molecule has 0 aromatic heterocycles. The van der Waals surface area contributed by atoms with Crippen LogP contribution in [0.1, 0.15) is 57.8 Å². The second kappa shape index (κ2) is 7.17. The number of amides is 1. The number of fused-ring (bicyclic) bond motifs is 1. The molecule has 20 heavy (non-hydrogen) atoms. The molecule has 3 aliphatic rings. The number of morpholine rings is 1. The van der Waals surface area contributed by atoms with E-state index >= 15 is 0 Å². The van der Waals surface area contributed by atoms with Crippen molar-refractivity contribution < 1.29 is 9.53 Å². The zero-order chi connectivity index (χ0) is 13.8. The SMILES string of the molecule is O=C(CSC1CCCCC1)N1CCO[C@@H]2CCCC[C@@H]21. The summed E-state index contributed by atoms with van der Waals surface area (Å²) >= 11 is 1.91. The largest absolute Gasteiger partial charge is 0.374 e. The topological polar surface area (TPSA) is 29.5 Å². The molecule has 1 saturated heterocycles. The molecule has 0 aromatic carbocycles. The quantitative estimate of drug-likeness (QED) is 0.801. The molecule has 2 saturated carbocycles. The van der Waals surface area contributed by atoms with Crippen molar-refractivity contribution >= 4 is 17.7 Å². The van der Waals surface area contributed by atoms with Gasteiger partial charge in [0.05, 0.1) is 24.5 Å². The third-order valence-electron chi connectivity index (χ3n) is 5.05. The number of thioether (sulfide) groups is 1. The molecule has 0 N–H and O–H groups in total.